The zero-order chi connectivity index (χ0) is 21.5. The molecule has 4 rings (SSSR count). The number of sulfone groups is 1. The first-order chi connectivity index (χ1) is 14.3. The van der Waals surface area contributed by atoms with Crippen molar-refractivity contribution in [3.63, 3.8) is 0 Å². The van der Waals surface area contributed by atoms with E-state index in [1.165, 1.54) is 0 Å². The fraction of sp³-hybridized carbons (Fsp3) is 0.130. The SMILES string of the molecule is CN(C)c1ccc2c(c1)OC(N)=C(S(=O)(=O)c1ccccc1)C2c1cccc(Br)c1. The van der Waals surface area contributed by atoms with Crippen LogP contribution >= 0.6 is 15.9 Å². The van der Waals surface area contributed by atoms with Gasteiger partial charge in [0, 0.05) is 35.9 Å². The summed E-state index contributed by atoms with van der Waals surface area (Å²) in [6, 6.07) is 21.6. The van der Waals surface area contributed by atoms with Crippen molar-refractivity contribution in [1.29, 1.82) is 0 Å². The molecule has 1 unspecified atom stereocenters. The molecule has 3 aromatic carbocycles. The minimum absolute atomic E-state index is 0.0527. The Kier molecular flexibility index (Phi) is 5.34. The molecule has 0 aliphatic carbocycles. The molecule has 0 spiro atoms. The first kappa shape index (κ1) is 20.5. The molecule has 0 bridgehead atoms. The standard InChI is InChI=1S/C23H21BrN2O3S/c1-26(2)17-11-12-19-20(14-17)29-23(25)22(21(19)15-7-6-8-16(24)13-15)30(27,28)18-9-4-3-5-10-18/h3-14,21H,25H2,1-2H3. The highest BCUT2D eigenvalue weighted by atomic mass is 79.9. The molecule has 7 heteroatoms. The third kappa shape index (κ3) is 3.59. The highest BCUT2D eigenvalue weighted by Gasteiger charge is 2.39. The van der Waals surface area contributed by atoms with Crippen molar-refractivity contribution in [2.45, 2.75) is 10.8 Å². The van der Waals surface area contributed by atoms with Gasteiger partial charge in [-0.1, -0.05) is 52.3 Å². The van der Waals surface area contributed by atoms with Crippen molar-refractivity contribution >= 4 is 31.5 Å². The normalized spacial score (nSPS) is 16.0. The van der Waals surface area contributed by atoms with Crippen LogP contribution in [0.2, 0.25) is 0 Å². The number of halogens is 1. The second-order valence-corrected chi connectivity index (χ2v) is 10.1. The minimum atomic E-state index is -3.89. The van der Waals surface area contributed by atoms with Crippen molar-refractivity contribution in [3.8, 4) is 5.75 Å². The highest BCUT2D eigenvalue weighted by molar-refractivity contribution is 9.10. The van der Waals surface area contributed by atoms with Crippen molar-refractivity contribution in [3.05, 3.63) is 99.2 Å². The van der Waals surface area contributed by atoms with E-state index in [1.807, 2.05) is 61.5 Å². The molecule has 5 nitrogen and oxygen atoms in total. The number of anilines is 1. The number of allylic oxidation sites excluding steroid dienone is 1. The van der Waals surface area contributed by atoms with Crippen LogP contribution in [0, 0.1) is 0 Å². The van der Waals surface area contributed by atoms with Gasteiger partial charge in [-0.2, -0.15) is 0 Å². The van der Waals surface area contributed by atoms with Gasteiger partial charge in [0.25, 0.3) is 0 Å². The predicted molar refractivity (Wildman–Crippen MR) is 122 cm³/mol. The van der Waals surface area contributed by atoms with E-state index in [0.717, 1.165) is 21.3 Å². The molecule has 30 heavy (non-hydrogen) atoms. The first-order valence-electron chi connectivity index (χ1n) is 9.33. The maximum atomic E-state index is 13.6. The molecule has 1 heterocycles. The Balaban J connectivity index is 1.97. The summed E-state index contributed by atoms with van der Waals surface area (Å²) in [6.07, 6.45) is 0. The number of rotatable bonds is 4. The Labute approximate surface area is 184 Å². The Morgan fingerprint density at radius 1 is 0.967 bits per heavy atom. The molecule has 0 saturated heterocycles. The van der Waals surface area contributed by atoms with Gasteiger partial charge in [0.2, 0.25) is 15.7 Å². The molecule has 0 radical (unpaired) electrons. The second kappa shape index (κ2) is 7.81. The second-order valence-electron chi connectivity index (χ2n) is 7.25. The van der Waals surface area contributed by atoms with Crippen molar-refractivity contribution < 1.29 is 13.2 Å². The lowest BCUT2D eigenvalue weighted by atomic mass is 9.88. The Morgan fingerprint density at radius 3 is 2.37 bits per heavy atom. The summed E-state index contributed by atoms with van der Waals surface area (Å²) in [4.78, 5) is 2.19. The maximum Gasteiger partial charge on any atom is 0.208 e. The van der Waals surface area contributed by atoms with Gasteiger partial charge in [0.15, 0.2) is 0 Å². The van der Waals surface area contributed by atoms with E-state index in [9.17, 15) is 8.42 Å². The van der Waals surface area contributed by atoms with Crippen LogP contribution in [0.15, 0.2) is 93.0 Å². The number of hydrogen-bond donors (Lipinski definition) is 1. The lowest BCUT2D eigenvalue weighted by Gasteiger charge is -2.30. The average Bonchev–Trinajstić information content (AvgIpc) is 2.72. The van der Waals surface area contributed by atoms with Gasteiger partial charge in [-0.05, 0) is 35.9 Å². The molecule has 0 saturated carbocycles. The average molecular weight is 485 g/mol. The van der Waals surface area contributed by atoms with Crippen LogP contribution in [-0.4, -0.2) is 22.5 Å². The maximum absolute atomic E-state index is 13.6. The van der Waals surface area contributed by atoms with E-state index < -0.39 is 15.8 Å². The van der Waals surface area contributed by atoms with Crippen molar-refractivity contribution in [1.82, 2.24) is 0 Å². The molecular formula is C23H21BrN2O3S. The molecule has 1 atom stereocenters. The number of nitrogens with two attached hydrogens (primary N) is 1. The molecule has 0 amide bonds. The van der Waals surface area contributed by atoms with Crippen LogP contribution in [0.4, 0.5) is 5.69 Å². The van der Waals surface area contributed by atoms with E-state index in [4.69, 9.17) is 10.5 Å². The number of nitrogens with zero attached hydrogens (tertiary/aromatic N) is 1. The molecule has 1 aliphatic heterocycles. The topological polar surface area (TPSA) is 72.6 Å². The lowest BCUT2D eigenvalue weighted by Crippen LogP contribution is -2.26. The van der Waals surface area contributed by atoms with Gasteiger partial charge in [-0.15, -0.1) is 0 Å². The smallest absolute Gasteiger partial charge is 0.208 e. The van der Waals surface area contributed by atoms with Gasteiger partial charge in [0.1, 0.15) is 10.7 Å². The molecule has 2 N–H and O–H groups in total. The van der Waals surface area contributed by atoms with E-state index in [0.29, 0.717) is 5.75 Å². The quantitative estimate of drug-likeness (QED) is 0.583. The van der Waals surface area contributed by atoms with Gasteiger partial charge >= 0.3 is 0 Å². The molecule has 3 aromatic rings. The number of ether oxygens (including phenoxy) is 1. The van der Waals surface area contributed by atoms with Gasteiger partial charge in [-0.3, -0.25) is 0 Å². The zero-order valence-electron chi connectivity index (χ0n) is 16.5. The first-order valence-corrected chi connectivity index (χ1v) is 11.6. The van der Waals surface area contributed by atoms with E-state index in [2.05, 4.69) is 15.9 Å². The summed E-state index contributed by atoms with van der Waals surface area (Å²) < 4.78 is 33.9. The summed E-state index contributed by atoms with van der Waals surface area (Å²) >= 11 is 3.50. The summed E-state index contributed by atoms with van der Waals surface area (Å²) in [5.41, 5.74) is 8.76. The largest absolute Gasteiger partial charge is 0.440 e. The Morgan fingerprint density at radius 2 is 1.70 bits per heavy atom. The Hall–Kier alpha value is -2.77. The van der Waals surface area contributed by atoms with Crippen LogP contribution < -0.4 is 15.4 Å². The Bertz CT molecular complexity index is 1240. The predicted octanol–water partition coefficient (Wildman–Crippen LogP) is 4.64. The lowest BCUT2D eigenvalue weighted by molar-refractivity contribution is 0.395. The van der Waals surface area contributed by atoms with Gasteiger partial charge in [-0.25, -0.2) is 8.42 Å². The summed E-state index contributed by atoms with van der Waals surface area (Å²) in [5, 5.41) is 0. The zero-order valence-corrected chi connectivity index (χ0v) is 18.9. The fourth-order valence-corrected chi connectivity index (χ4v) is 5.68. The summed E-state index contributed by atoms with van der Waals surface area (Å²) in [5.74, 6) is -0.143. The van der Waals surface area contributed by atoms with Crippen molar-refractivity contribution in [2.24, 2.45) is 5.73 Å². The van der Waals surface area contributed by atoms with E-state index >= 15 is 0 Å². The number of benzene rings is 3. The summed E-state index contributed by atoms with van der Waals surface area (Å²) in [7, 11) is -0.0239. The minimum Gasteiger partial charge on any atom is -0.440 e. The van der Waals surface area contributed by atoms with Crippen LogP contribution in [-0.2, 0) is 9.84 Å². The molecule has 0 aromatic heterocycles. The van der Waals surface area contributed by atoms with Crippen LogP contribution in [0.25, 0.3) is 0 Å². The number of fused-ring (bicyclic) bond motifs is 1. The summed E-state index contributed by atoms with van der Waals surface area (Å²) in [6.45, 7) is 0. The van der Waals surface area contributed by atoms with Gasteiger partial charge < -0.3 is 15.4 Å². The highest BCUT2D eigenvalue weighted by Crippen LogP contribution is 2.47. The third-order valence-electron chi connectivity index (χ3n) is 5.07. The monoisotopic (exact) mass is 484 g/mol. The fourth-order valence-electron chi connectivity index (χ4n) is 3.61. The molecule has 1 aliphatic rings. The number of hydrogen-bond acceptors (Lipinski definition) is 5. The van der Waals surface area contributed by atoms with Crippen LogP contribution in [0.1, 0.15) is 17.0 Å². The van der Waals surface area contributed by atoms with Crippen molar-refractivity contribution in [2.75, 3.05) is 19.0 Å². The molecule has 154 valence electrons. The van der Waals surface area contributed by atoms with Crippen LogP contribution in [0.5, 0.6) is 5.75 Å². The molecule has 0 fully saturated rings. The third-order valence-corrected chi connectivity index (χ3v) is 7.48. The van der Waals surface area contributed by atoms with Crippen LogP contribution in [0.3, 0.4) is 0 Å². The molecular weight excluding hydrogens is 464 g/mol. The van der Waals surface area contributed by atoms with E-state index in [1.54, 1.807) is 30.3 Å². The van der Waals surface area contributed by atoms with E-state index in [-0.39, 0.29) is 15.7 Å². The van der Waals surface area contributed by atoms with Gasteiger partial charge in [0.05, 0.1) is 10.8 Å².